The fourth-order valence-electron chi connectivity index (χ4n) is 3.14. The van der Waals surface area contributed by atoms with Crippen molar-refractivity contribution in [1.82, 2.24) is 0 Å². The molecule has 0 radical (unpaired) electrons. The largest absolute Gasteiger partial charge is 0.412 e. The first-order chi connectivity index (χ1) is 10.3. The molecule has 0 amide bonds. The minimum atomic E-state index is -2.95. The van der Waals surface area contributed by atoms with E-state index in [4.69, 9.17) is 18.2 Å². The van der Waals surface area contributed by atoms with Gasteiger partial charge >= 0.3 is 0 Å². The molecule has 1 spiro atoms. The summed E-state index contributed by atoms with van der Waals surface area (Å²) in [6.07, 6.45) is 0.724. The van der Waals surface area contributed by atoms with E-state index in [9.17, 15) is 4.57 Å². The van der Waals surface area contributed by atoms with Crippen molar-refractivity contribution in [1.29, 1.82) is 0 Å². The first-order valence-electron chi connectivity index (χ1n) is 8.52. The zero-order valence-electron chi connectivity index (χ0n) is 15.8. The van der Waals surface area contributed by atoms with E-state index in [-0.39, 0.29) is 23.1 Å². The van der Waals surface area contributed by atoms with Gasteiger partial charge in [-0.25, -0.2) is 0 Å². The van der Waals surface area contributed by atoms with Crippen molar-refractivity contribution in [2.24, 2.45) is 5.92 Å². The van der Waals surface area contributed by atoms with Crippen LogP contribution in [0.3, 0.4) is 0 Å². The van der Waals surface area contributed by atoms with E-state index in [1.165, 1.54) is 7.57 Å². The van der Waals surface area contributed by atoms with E-state index in [1.807, 2.05) is 0 Å². The molecule has 23 heavy (non-hydrogen) atoms. The number of ether oxygens (including phenoxy) is 1. The van der Waals surface area contributed by atoms with Crippen LogP contribution in [0.25, 0.3) is 0 Å². The summed E-state index contributed by atoms with van der Waals surface area (Å²) in [5, 5.41) is 0.157. The Morgan fingerprint density at radius 3 is 2.48 bits per heavy atom. The molecule has 0 bridgehead atoms. The zero-order valence-corrected chi connectivity index (χ0v) is 17.7. The van der Waals surface area contributed by atoms with E-state index in [1.54, 1.807) is 0 Å². The van der Waals surface area contributed by atoms with Crippen LogP contribution in [-0.4, -0.2) is 54.7 Å². The highest BCUT2D eigenvalue weighted by atomic mass is 31.2. The van der Waals surface area contributed by atoms with Gasteiger partial charge in [-0.2, -0.15) is 0 Å². The van der Waals surface area contributed by atoms with Gasteiger partial charge in [0.2, 0.25) is 0 Å². The first kappa shape index (κ1) is 19.7. The summed E-state index contributed by atoms with van der Waals surface area (Å²) >= 11 is 0. The highest BCUT2D eigenvalue weighted by Gasteiger charge is 2.55. The molecule has 0 aromatic carbocycles. The normalized spacial score (nSPS) is 42.8. The molecule has 2 fully saturated rings. The van der Waals surface area contributed by atoms with Crippen molar-refractivity contribution >= 4 is 31.2 Å². The molecule has 0 aromatic heterocycles. The highest BCUT2D eigenvalue weighted by Crippen LogP contribution is 2.51. The second-order valence-electron chi connectivity index (χ2n) is 8.65. The van der Waals surface area contributed by atoms with Gasteiger partial charge in [-0.05, 0) is 18.1 Å². The molecule has 5 nitrogen and oxygen atoms in total. The molecule has 2 saturated heterocycles. The Labute approximate surface area is 143 Å². The van der Waals surface area contributed by atoms with Crippen molar-refractivity contribution < 1.29 is 22.8 Å². The third kappa shape index (κ3) is 3.99. The molecule has 9 heteroatoms. The van der Waals surface area contributed by atoms with Crippen LogP contribution in [0.2, 0.25) is 18.1 Å². The van der Waals surface area contributed by atoms with Gasteiger partial charge in [0.05, 0.1) is 24.9 Å². The molecule has 2 heterocycles. The molecular formula is C14H31B2O5PSi. The summed E-state index contributed by atoms with van der Waals surface area (Å²) in [5.41, 5.74) is -0.464. The monoisotopic (exact) mass is 360 g/mol. The Morgan fingerprint density at radius 1 is 1.30 bits per heavy atom. The molecule has 0 aromatic rings. The van der Waals surface area contributed by atoms with E-state index in [0.717, 1.165) is 0 Å². The second kappa shape index (κ2) is 6.29. The predicted octanol–water partition coefficient (Wildman–Crippen LogP) is 1.92. The molecule has 0 saturated carbocycles. The number of hydrogen-bond acceptors (Lipinski definition) is 5. The molecule has 2 aliphatic rings. The van der Waals surface area contributed by atoms with Gasteiger partial charge < -0.3 is 18.2 Å². The Balaban J connectivity index is 2.18. The van der Waals surface area contributed by atoms with Crippen LogP contribution in [0.1, 0.15) is 34.1 Å². The molecule has 2 rings (SSSR count). The van der Waals surface area contributed by atoms with Crippen LogP contribution in [0.4, 0.5) is 0 Å². The minimum Gasteiger partial charge on any atom is -0.412 e. The molecule has 0 aliphatic carbocycles. The predicted molar refractivity (Wildman–Crippen MR) is 100 cm³/mol. The summed E-state index contributed by atoms with van der Waals surface area (Å²) in [5.74, 6) is 0.174. The van der Waals surface area contributed by atoms with E-state index < -0.39 is 21.4 Å². The van der Waals surface area contributed by atoms with Crippen LogP contribution in [0, 0.1) is 5.92 Å². The van der Waals surface area contributed by atoms with Crippen molar-refractivity contribution in [3.8, 4) is 0 Å². The average Bonchev–Trinajstić information content (AvgIpc) is 2.53. The summed E-state index contributed by atoms with van der Waals surface area (Å²) in [7, 11) is -1.24. The average molecular weight is 360 g/mol. The lowest BCUT2D eigenvalue weighted by molar-refractivity contribution is -0.0626. The SMILES string of the molecule is B[C@@H]1O[C@@]2(CCOP(B)(=O)OC2)[C@H](C)C1O[Si](C)(C)C(C)(C)C. The van der Waals surface area contributed by atoms with Gasteiger partial charge in [0.1, 0.15) is 7.85 Å². The maximum atomic E-state index is 12.1. The quantitative estimate of drug-likeness (QED) is 0.557. The van der Waals surface area contributed by atoms with Crippen molar-refractivity contribution in [2.75, 3.05) is 13.2 Å². The molecule has 0 N–H and O–H groups in total. The van der Waals surface area contributed by atoms with E-state index >= 15 is 0 Å². The number of hydrogen-bond donors (Lipinski definition) is 0. The summed E-state index contributed by atoms with van der Waals surface area (Å²) in [4.78, 5) is 0. The maximum Gasteiger partial charge on any atom is 0.270 e. The van der Waals surface area contributed by atoms with E-state index in [2.05, 4.69) is 48.6 Å². The van der Waals surface area contributed by atoms with Crippen molar-refractivity contribution in [3.63, 3.8) is 0 Å². The third-order valence-electron chi connectivity index (χ3n) is 5.84. The van der Waals surface area contributed by atoms with Gasteiger partial charge in [0.15, 0.2) is 8.32 Å². The minimum absolute atomic E-state index is 0.00272. The summed E-state index contributed by atoms with van der Waals surface area (Å²) in [6, 6.07) is -0.00272. The van der Waals surface area contributed by atoms with Crippen LogP contribution in [0.15, 0.2) is 0 Å². The molecule has 2 unspecified atom stereocenters. The Morgan fingerprint density at radius 2 is 1.91 bits per heavy atom. The van der Waals surface area contributed by atoms with Gasteiger partial charge in [-0.1, -0.05) is 27.7 Å². The lowest BCUT2D eigenvalue weighted by atomic mass is 9.82. The molecule has 5 atom stereocenters. The van der Waals surface area contributed by atoms with Gasteiger partial charge in [-0.15, -0.1) is 0 Å². The van der Waals surface area contributed by atoms with Crippen molar-refractivity contribution in [3.05, 3.63) is 0 Å². The summed E-state index contributed by atoms with van der Waals surface area (Å²) < 4.78 is 36.0. The fraction of sp³-hybridized carbons (Fsp3) is 1.00. The summed E-state index contributed by atoms with van der Waals surface area (Å²) in [6.45, 7) is 14.1. The van der Waals surface area contributed by atoms with Crippen LogP contribution >= 0.6 is 7.47 Å². The number of rotatable bonds is 2. The standard InChI is InChI=1S/C14H31B2O5PSi/c1-10-11(21-23(5,6)13(2,3)4)12(15)20-14(10)7-8-18-22(16,17)19-9-14/h10-12H,7-9,15-16H2,1-6H3/t10-,11?,12-,14-,22?/m1/s1. The van der Waals surface area contributed by atoms with Gasteiger partial charge in [0, 0.05) is 18.3 Å². The Hall–Kier alpha value is 0.417. The fourth-order valence-corrected chi connectivity index (χ4v) is 5.52. The molecular weight excluding hydrogens is 329 g/mol. The van der Waals surface area contributed by atoms with Crippen LogP contribution in [-0.2, 0) is 22.8 Å². The highest BCUT2D eigenvalue weighted by molar-refractivity contribution is 7.79. The molecule has 132 valence electrons. The van der Waals surface area contributed by atoms with Gasteiger partial charge in [0.25, 0.3) is 15.0 Å². The Kier molecular flexibility index (Phi) is 5.40. The van der Waals surface area contributed by atoms with E-state index in [0.29, 0.717) is 19.6 Å². The topological polar surface area (TPSA) is 54.0 Å². The van der Waals surface area contributed by atoms with Crippen molar-refractivity contribution in [2.45, 2.75) is 70.0 Å². The first-order valence-corrected chi connectivity index (χ1v) is 13.4. The Bertz CT molecular complexity index is 498. The van der Waals surface area contributed by atoms with Gasteiger partial charge in [-0.3, -0.25) is 4.57 Å². The maximum absolute atomic E-state index is 12.1. The zero-order chi connectivity index (χ0) is 17.7. The third-order valence-corrected chi connectivity index (χ3v) is 11.6. The second-order valence-corrected chi connectivity index (χ2v) is 15.5. The molecule has 2 aliphatic heterocycles. The smallest absolute Gasteiger partial charge is 0.270 e. The lowest BCUT2D eigenvalue weighted by Gasteiger charge is -2.40. The van der Waals surface area contributed by atoms with Crippen LogP contribution < -0.4 is 0 Å². The van der Waals surface area contributed by atoms with Crippen LogP contribution in [0.5, 0.6) is 0 Å². The lowest BCUT2D eigenvalue weighted by Crippen LogP contribution is -2.49.